The Morgan fingerprint density at radius 1 is 1.03 bits per heavy atom. The van der Waals surface area contributed by atoms with Gasteiger partial charge in [0.15, 0.2) is 22.5 Å². The van der Waals surface area contributed by atoms with Gasteiger partial charge in [-0.25, -0.2) is 14.8 Å². The number of amides is 2. The van der Waals surface area contributed by atoms with Crippen molar-refractivity contribution in [1.82, 2.24) is 19.8 Å². The fourth-order valence-corrected chi connectivity index (χ4v) is 3.31. The summed E-state index contributed by atoms with van der Waals surface area (Å²) in [6.07, 6.45) is 1.07. The molecule has 13 heteroatoms. The van der Waals surface area contributed by atoms with Gasteiger partial charge in [-0.15, -0.1) is 4.99 Å². The van der Waals surface area contributed by atoms with Crippen LogP contribution in [0.3, 0.4) is 0 Å². The number of unbranched alkanes of at least 4 members (excludes halogenated alkanes) is 1. The predicted octanol–water partition coefficient (Wildman–Crippen LogP) is 2.95. The van der Waals surface area contributed by atoms with E-state index in [0.29, 0.717) is 19.4 Å². The molecule has 2 rings (SSSR count). The van der Waals surface area contributed by atoms with Crippen LogP contribution in [0.15, 0.2) is 29.3 Å². The van der Waals surface area contributed by atoms with Gasteiger partial charge in [0.1, 0.15) is 18.0 Å². The normalized spacial score (nSPS) is 11.9. The molecule has 0 bridgehead atoms. The predicted molar refractivity (Wildman–Crippen MR) is 148 cm³/mol. The molecule has 208 valence electrons. The lowest BCUT2D eigenvalue weighted by Gasteiger charge is -2.22. The molecule has 0 atom stereocenters. The number of nitrogens with two attached hydrogens (primary N) is 3. The van der Waals surface area contributed by atoms with Crippen molar-refractivity contribution in [3.63, 3.8) is 0 Å². The van der Waals surface area contributed by atoms with Crippen LogP contribution in [0.4, 0.5) is 16.4 Å². The molecule has 0 fully saturated rings. The maximum atomic E-state index is 13.3. The zero-order valence-electron chi connectivity index (χ0n) is 22.5. The third-order valence-corrected chi connectivity index (χ3v) is 5.33. The van der Waals surface area contributed by atoms with Crippen molar-refractivity contribution in [3.8, 4) is 5.75 Å². The fraction of sp³-hybridized carbons (Fsp3) is 0.480. The number of nitrogens with zero attached hydrogens (tertiary/aromatic N) is 5. The average molecular weight is 549 g/mol. The Bertz CT molecular complexity index is 1130. The van der Waals surface area contributed by atoms with E-state index in [1.54, 1.807) is 20.8 Å². The number of carbonyl (C=O) groups is 2. The monoisotopic (exact) mass is 548 g/mol. The van der Waals surface area contributed by atoms with Gasteiger partial charge < -0.3 is 31.6 Å². The summed E-state index contributed by atoms with van der Waals surface area (Å²) in [7, 11) is 3.98. The van der Waals surface area contributed by atoms with Crippen molar-refractivity contribution in [3.05, 3.63) is 40.7 Å². The van der Waals surface area contributed by atoms with Gasteiger partial charge in [-0.3, -0.25) is 9.69 Å². The van der Waals surface area contributed by atoms with Crippen molar-refractivity contribution in [1.29, 1.82) is 0 Å². The maximum absolute atomic E-state index is 13.3. The molecule has 0 aliphatic carbocycles. The molecule has 0 aliphatic heterocycles. The Labute approximate surface area is 228 Å². The number of halogens is 1. The van der Waals surface area contributed by atoms with E-state index in [9.17, 15) is 9.59 Å². The Kier molecular flexibility index (Phi) is 11.1. The third-order valence-electron chi connectivity index (χ3n) is 5.06. The summed E-state index contributed by atoms with van der Waals surface area (Å²) in [6, 6.07) is 7.86. The van der Waals surface area contributed by atoms with Crippen molar-refractivity contribution >= 4 is 41.2 Å². The second-order valence-corrected chi connectivity index (χ2v) is 10.2. The molecule has 6 N–H and O–H groups in total. The van der Waals surface area contributed by atoms with E-state index in [0.717, 1.165) is 29.2 Å². The SMILES string of the molecule is CN(C)CCOc1ccc(CCCCN(C(=O)c2nc(Cl)c(N)nc2N)/C(N)=N/C(=O)OC(C)(C)C)cc1. The highest BCUT2D eigenvalue weighted by atomic mass is 35.5. The van der Waals surface area contributed by atoms with Crippen LogP contribution in [0.5, 0.6) is 5.75 Å². The van der Waals surface area contributed by atoms with Crippen LogP contribution < -0.4 is 21.9 Å². The van der Waals surface area contributed by atoms with Gasteiger partial charge in [-0.1, -0.05) is 23.7 Å². The molecule has 0 unspecified atom stereocenters. The van der Waals surface area contributed by atoms with Crippen molar-refractivity contribution < 1.29 is 19.1 Å². The number of guanidine groups is 1. The van der Waals surface area contributed by atoms with E-state index < -0.39 is 17.6 Å². The van der Waals surface area contributed by atoms with Crippen LogP contribution in [0.2, 0.25) is 5.15 Å². The molecule has 12 nitrogen and oxygen atoms in total. The number of nitrogen functional groups attached to an aromatic ring is 2. The van der Waals surface area contributed by atoms with Gasteiger partial charge in [0.25, 0.3) is 5.91 Å². The zero-order valence-corrected chi connectivity index (χ0v) is 23.3. The summed E-state index contributed by atoms with van der Waals surface area (Å²) in [4.78, 5) is 40.2. The molecule has 0 saturated heterocycles. The van der Waals surface area contributed by atoms with E-state index in [1.165, 1.54) is 0 Å². The standard InChI is InChI=1S/C25H37ClN8O4/c1-25(2,3)38-24(36)32-23(29)34(22(35)18-20(27)31-21(28)19(26)30-18)13-7-6-8-16-9-11-17(12-10-16)37-15-14-33(4)5/h9-12H,6-8,13-15H2,1-5H3,(H4,27,28,31)(H2,29,32,36). The second kappa shape index (κ2) is 13.8. The molecule has 0 spiro atoms. The van der Waals surface area contributed by atoms with Gasteiger partial charge >= 0.3 is 6.09 Å². The number of carbonyl (C=O) groups excluding carboxylic acids is 2. The first-order valence-electron chi connectivity index (χ1n) is 12.1. The Morgan fingerprint density at radius 2 is 1.68 bits per heavy atom. The number of hydrogen-bond acceptors (Lipinski definition) is 9. The van der Waals surface area contributed by atoms with E-state index in [4.69, 9.17) is 38.3 Å². The van der Waals surface area contributed by atoms with Crippen LogP contribution in [0, 0.1) is 0 Å². The van der Waals surface area contributed by atoms with Gasteiger partial charge in [0.2, 0.25) is 5.96 Å². The molecule has 1 aromatic carbocycles. The third kappa shape index (κ3) is 10.0. The number of anilines is 2. The summed E-state index contributed by atoms with van der Waals surface area (Å²) >= 11 is 5.95. The largest absolute Gasteiger partial charge is 0.492 e. The number of benzene rings is 1. The maximum Gasteiger partial charge on any atom is 0.437 e. The molecule has 0 saturated carbocycles. The lowest BCUT2D eigenvalue weighted by molar-refractivity contribution is 0.0601. The first kappa shape index (κ1) is 30.6. The summed E-state index contributed by atoms with van der Waals surface area (Å²) in [5.41, 5.74) is 17.6. The Balaban J connectivity index is 2.09. The number of rotatable bonds is 10. The molecule has 1 aromatic heterocycles. The zero-order chi connectivity index (χ0) is 28.5. The van der Waals surface area contributed by atoms with Gasteiger partial charge in [-0.05, 0) is 71.8 Å². The van der Waals surface area contributed by atoms with Gasteiger partial charge in [0, 0.05) is 13.1 Å². The highest BCUT2D eigenvalue weighted by Gasteiger charge is 2.26. The minimum Gasteiger partial charge on any atom is -0.492 e. The summed E-state index contributed by atoms with van der Waals surface area (Å²) in [6.45, 7) is 6.64. The van der Waals surface area contributed by atoms with E-state index >= 15 is 0 Å². The van der Waals surface area contributed by atoms with Gasteiger partial charge in [0.05, 0.1) is 0 Å². The van der Waals surface area contributed by atoms with E-state index in [1.807, 2.05) is 38.4 Å². The lowest BCUT2D eigenvalue weighted by Crippen LogP contribution is -2.44. The topological polar surface area (TPSA) is 175 Å². The van der Waals surface area contributed by atoms with Crippen LogP contribution in [-0.2, 0) is 11.2 Å². The number of aromatic nitrogens is 2. The van der Waals surface area contributed by atoms with Crippen molar-refractivity contribution in [2.75, 3.05) is 45.3 Å². The van der Waals surface area contributed by atoms with Gasteiger partial charge in [-0.2, -0.15) is 0 Å². The first-order chi connectivity index (χ1) is 17.8. The number of aryl methyl sites for hydroxylation is 1. The average Bonchev–Trinajstić information content (AvgIpc) is 2.80. The minimum absolute atomic E-state index is 0.114. The molecule has 2 amide bonds. The van der Waals surface area contributed by atoms with Crippen LogP contribution in [0.25, 0.3) is 0 Å². The number of aliphatic imine (C=N–C) groups is 1. The fourth-order valence-electron chi connectivity index (χ4n) is 3.18. The molecule has 0 radical (unpaired) electrons. The summed E-state index contributed by atoms with van der Waals surface area (Å²) < 4.78 is 10.9. The minimum atomic E-state index is -0.935. The van der Waals surface area contributed by atoms with E-state index in [2.05, 4.69) is 19.9 Å². The molecular formula is C25H37ClN8O4. The number of hydrogen-bond donors (Lipinski definition) is 3. The van der Waals surface area contributed by atoms with Crippen molar-refractivity contribution in [2.45, 2.75) is 45.6 Å². The lowest BCUT2D eigenvalue weighted by atomic mass is 10.1. The number of ether oxygens (including phenoxy) is 2. The molecule has 2 aromatic rings. The van der Waals surface area contributed by atoms with Crippen LogP contribution >= 0.6 is 11.6 Å². The van der Waals surface area contributed by atoms with E-state index in [-0.39, 0.29) is 35.0 Å². The Hall–Kier alpha value is -3.64. The van der Waals surface area contributed by atoms with Crippen LogP contribution in [-0.4, -0.2) is 77.1 Å². The van der Waals surface area contributed by atoms with Crippen LogP contribution in [0.1, 0.15) is 49.7 Å². The molecule has 0 aliphatic rings. The quantitative estimate of drug-likeness (QED) is 0.227. The van der Waals surface area contributed by atoms with Crippen molar-refractivity contribution in [2.24, 2.45) is 10.7 Å². The summed E-state index contributed by atoms with van der Waals surface area (Å²) in [5, 5.41) is -0.181. The number of likely N-dealkylation sites (N-methyl/N-ethyl adjacent to an activating group) is 1. The smallest absolute Gasteiger partial charge is 0.437 e. The molecular weight excluding hydrogens is 512 g/mol. The molecule has 38 heavy (non-hydrogen) atoms. The Morgan fingerprint density at radius 3 is 2.29 bits per heavy atom. The highest BCUT2D eigenvalue weighted by Crippen LogP contribution is 2.20. The highest BCUT2D eigenvalue weighted by molar-refractivity contribution is 6.31. The first-order valence-corrected chi connectivity index (χ1v) is 12.5. The molecule has 1 heterocycles. The summed E-state index contributed by atoms with van der Waals surface area (Å²) in [5.74, 6) is -0.616. The second-order valence-electron chi connectivity index (χ2n) is 9.79.